The second-order valence-corrected chi connectivity index (χ2v) is 4.36. The van der Waals surface area contributed by atoms with Crippen LogP contribution in [0.1, 0.15) is 27.7 Å². The summed E-state index contributed by atoms with van der Waals surface area (Å²) in [5.41, 5.74) is 0. The van der Waals surface area contributed by atoms with Gasteiger partial charge < -0.3 is 15.1 Å². The summed E-state index contributed by atoms with van der Waals surface area (Å²) < 4.78 is 0. The summed E-state index contributed by atoms with van der Waals surface area (Å²) in [6.45, 7) is 20.5. The van der Waals surface area contributed by atoms with Crippen molar-refractivity contribution in [2.24, 2.45) is 0 Å². The van der Waals surface area contributed by atoms with Crippen LogP contribution in [-0.4, -0.2) is 21.9 Å². The van der Waals surface area contributed by atoms with Gasteiger partial charge in [-0.3, -0.25) is 0 Å². The van der Waals surface area contributed by atoms with Crippen LogP contribution in [0.25, 0.3) is 0 Å². The van der Waals surface area contributed by atoms with Gasteiger partial charge in [-0.2, -0.15) is 0 Å². The number of nitrogens with one attached hydrogen (secondary N) is 1. The second kappa shape index (κ2) is 4.01. The molecule has 0 saturated carbocycles. The van der Waals surface area contributed by atoms with Gasteiger partial charge in [-0.05, 0) is 27.7 Å². The molecule has 1 saturated heterocycles. The molecule has 0 spiro atoms. The third kappa shape index (κ3) is 2.01. The Bertz CT molecular complexity index is 274. The first-order valence-electron chi connectivity index (χ1n) is 5.28. The van der Waals surface area contributed by atoms with Crippen LogP contribution >= 0.6 is 0 Å². The van der Waals surface area contributed by atoms with Crippen molar-refractivity contribution in [3.8, 4) is 0 Å². The Kier molecular flexibility index (Phi) is 3.12. The molecule has 3 heteroatoms. The molecule has 0 radical (unpaired) electrons. The van der Waals surface area contributed by atoms with Crippen LogP contribution in [0, 0.1) is 0 Å². The molecule has 15 heavy (non-hydrogen) atoms. The Morgan fingerprint density at radius 2 is 1.20 bits per heavy atom. The molecule has 84 valence electrons. The third-order valence-electron chi connectivity index (χ3n) is 2.46. The predicted molar refractivity (Wildman–Crippen MR) is 64.5 cm³/mol. The molecule has 0 aromatic carbocycles. The molecule has 0 aromatic heterocycles. The molecule has 1 aliphatic heterocycles. The predicted octanol–water partition coefficient (Wildman–Crippen LogP) is 2.42. The van der Waals surface area contributed by atoms with E-state index in [0.29, 0.717) is 12.1 Å². The van der Waals surface area contributed by atoms with Gasteiger partial charge in [0.1, 0.15) is 17.5 Å². The van der Waals surface area contributed by atoms with Crippen molar-refractivity contribution in [2.75, 3.05) is 0 Å². The Balaban J connectivity index is 3.00. The maximum absolute atomic E-state index is 4.11. The molecule has 0 bridgehead atoms. The van der Waals surface area contributed by atoms with Crippen LogP contribution < -0.4 is 5.32 Å². The van der Waals surface area contributed by atoms with Crippen LogP contribution in [0.2, 0.25) is 0 Å². The van der Waals surface area contributed by atoms with Crippen molar-refractivity contribution in [3.63, 3.8) is 0 Å². The molecule has 0 amide bonds. The van der Waals surface area contributed by atoms with Gasteiger partial charge in [0, 0.05) is 12.1 Å². The zero-order valence-corrected chi connectivity index (χ0v) is 10.2. The minimum Gasteiger partial charge on any atom is -0.329 e. The summed E-state index contributed by atoms with van der Waals surface area (Å²) in [6, 6.07) is 0.679. The van der Waals surface area contributed by atoms with Crippen LogP contribution in [-0.2, 0) is 0 Å². The molecular formula is C12H21N3. The molecule has 1 N–H and O–H groups in total. The van der Waals surface area contributed by atoms with E-state index in [-0.39, 0.29) is 0 Å². The highest BCUT2D eigenvalue weighted by Crippen LogP contribution is 2.26. The molecular weight excluding hydrogens is 186 g/mol. The molecule has 0 aromatic rings. The Morgan fingerprint density at radius 1 is 0.867 bits per heavy atom. The van der Waals surface area contributed by atoms with Crippen LogP contribution in [0.5, 0.6) is 0 Å². The average Bonchev–Trinajstić information content (AvgIpc) is 1.99. The quantitative estimate of drug-likeness (QED) is 0.750. The Hall–Kier alpha value is -1.38. The van der Waals surface area contributed by atoms with E-state index in [0.717, 1.165) is 17.5 Å². The van der Waals surface area contributed by atoms with Crippen LogP contribution in [0.3, 0.4) is 0 Å². The molecule has 1 aliphatic rings. The van der Waals surface area contributed by atoms with Crippen molar-refractivity contribution in [1.29, 1.82) is 0 Å². The number of rotatable bonds is 2. The van der Waals surface area contributed by atoms with Gasteiger partial charge in [-0.25, -0.2) is 0 Å². The summed E-state index contributed by atoms with van der Waals surface area (Å²) in [5, 5.41) is 3.17. The van der Waals surface area contributed by atoms with Gasteiger partial charge in [0.05, 0.1) is 0 Å². The van der Waals surface area contributed by atoms with Crippen molar-refractivity contribution >= 4 is 0 Å². The first kappa shape index (κ1) is 11.7. The maximum Gasteiger partial charge on any atom is 0.108 e. The van der Waals surface area contributed by atoms with E-state index in [1.165, 1.54) is 0 Å². The molecule has 0 aliphatic carbocycles. The molecule has 0 unspecified atom stereocenters. The van der Waals surface area contributed by atoms with E-state index in [4.69, 9.17) is 0 Å². The zero-order valence-electron chi connectivity index (χ0n) is 10.2. The van der Waals surface area contributed by atoms with Crippen molar-refractivity contribution < 1.29 is 0 Å². The Labute approximate surface area is 92.7 Å². The molecule has 1 fully saturated rings. The number of hydrogen-bond donors (Lipinski definition) is 1. The summed E-state index contributed by atoms with van der Waals surface area (Å²) in [4.78, 5) is 4.16. The first-order chi connectivity index (χ1) is 6.86. The van der Waals surface area contributed by atoms with Crippen LogP contribution in [0.4, 0.5) is 0 Å². The third-order valence-corrected chi connectivity index (χ3v) is 2.46. The second-order valence-electron chi connectivity index (χ2n) is 4.36. The van der Waals surface area contributed by atoms with E-state index in [2.05, 4.69) is 62.5 Å². The molecule has 1 heterocycles. The standard InChI is InChI=1S/C12H21N3/c1-8(2)14-10(5)13-11(6)15(9(3)4)12(14)7/h8-9,13H,5-7H2,1-4H3. The topological polar surface area (TPSA) is 18.5 Å². The lowest BCUT2D eigenvalue weighted by atomic mass is 10.2. The molecule has 0 atom stereocenters. The SMILES string of the molecule is C=C1NC(=C)N(C(C)C)C(=C)N1C(C)C. The lowest BCUT2D eigenvalue weighted by Crippen LogP contribution is -2.51. The van der Waals surface area contributed by atoms with E-state index in [1.807, 2.05) is 0 Å². The fourth-order valence-corrected chi connectivity index (χ4v) is 1.93. The Morgan fingerprint density at radius 3 is 1.47 bits per heavy atom. The van der Waals surface area contributed by atoms with E-state index < -0.39 is 0 Å². The van der Waals surface area contributed by atoms with E-state index in [1.54, 1.807) is 0 Å². The van der Waals surface area contributed by atoms with Crippen molar-refractivity contribution in [2.45, 2.75) is 39.8 Å². The van der Waals surface area contributed by atoms with Gasteiger partial charge >= 0.3 is 0 Å². The van der Waals surface area contributed by atoms with E-state index >= 15 is 0 Å². The highest BCUT2D eigenvalue weighted by molar-refractivity contribution is 5.21. The number of hydrogen-bond acceptors (Lipinski definition) is 3. The lowest BCUT2D eigenvalue weighted by molar-refractivity contribution is 0.172. The smallest absolute Gasteiger partial charge is 0.108 e. The molecule has 3 nitrogen and oxygen atoms in total. The minimum absolute atomic E-state index is 0.340. The number of nitrogens with zero attached hydrogens (tertiary/aromatic N) is 2. The normalized spacial score (nSPS) is 17.9. The van der Waals surface area contributed by atoms with Gasteiger partial charge in [-0.15, -0.1) is 0 Å². The zero-order chi connectivity index (χ0) is 11.7. The maximum atomic E-state index is 4.11. The lowest BCUT2D eigenvalue weighted by Gasteiger charge is -2.46. The summed E-state index contributed by atoms with van der Waals surface area (Å²) in [7, 11) is 0. The van der Waals surface area contributed by atoms with Crippen LogP contribution in [0.15, 0.2) is 37.2 Å². The first-order valence-corrected chi connectivity index (χ1v) is 5.28. The van der Waals surface area contributed by atoms with Gasteiger partial charge in [0.2, 0.25) is 0 Å². The summed E-state index contributed by atoms with van der Waals surface area (Å²) in [5.74, 6) is 2.63. The van der Waals surface area contributed by atoms with Crippen molar-refractivity contribution in [1.82, 2.24) is 15.1 Å². The monoisotopic (exact) mass is 207 g/mol. The van der Waals surface area contributed by atoms with Crippen molar-refractivity contribution in [3.05, 3.63) is 37.2 Å². The van der Waals surface area contributed by atoms with Gasteiger partial charge in [0.25, 0.3) is 0 Å². The summed E-state index contributed by atoms with van der Waals surface area (Å²) in [6.07, 6.45) is 0. The minimum atomic E-state index is 0.340. The highest BCUT2D eigenvalue weighted by Gasteiger charge is 2.28. The van der Waals surface area contributed by atoms with Gasteiger partial charge in [-0.1, -0.05) is 19.7 Å². The highest BCUT2D eigenvalue weighted by atomic mass is 15.5. The average molecular weight is 207 g/mol. The fraction of sp³-hybridized carbons (Fsp3) is 0.500. The van der Waals surface area contributed by atoms with E-state index in [9.17, 15) is 0 Å². The summed E-state index contributed by atoms with van der Waals surface area (Å²) >= 11 is 0. The molecule has 1 rings (SSSR count). The fourth-order valence-electron chi connectivity index (χ4n) is 1.93. The largest absolute Gasteiger partial charge is 0.329 e. The van der Waals surface area contributed by atoms with Gasteiger partial charge in [0.15, 0.2) is 0 Å².